The summed E-state index contributed by atoms with van der Waals surface area (Å²) in [7, 11) is 0. The van der Waals surface area contributed by atoms with Crippen molar-refractivity contribution in [3.8, 4) is 22.5 Å². The first-order chi connectivity index (χ1) is 15.3. The molecule has 1 saturated carbocycles. The minimum atomic E-state index is -0.0865. The second-order valence-electron chi connectivity index (χ2n) is 7.78. The van der Waals surface area contributed by atoms with Gasteiger partial charge in [0.05, 0.1) is 0 Å². The molecule has 5 rings (SSSR count). The molecule has 4 aromatic rings. The lowest BCUT2D eigenvalue weighted by atomic mass is 10.1. The van der Waals surface area contributed by atoms with Crippen LogP contribution in [0.4, 0.5) is 0 Å². The first kappa shape index (κ1) is 19.1. The van der Waals surface area contributed by atoms with Crippen molar-refractivity contribution >= 4 is 5.91 Å². The molecule has 31 heavy (non-hydrogen) atoms. The van der Waals surface area contributed by atoms with Crippen molar-refractivity contribution in [1.29, 1.82) is 0 Å². The molecule has 0 spiro atoms. The summed E-state index contributed by atoms with van der Waals surface area (Å²) >= 11 is 0. The molecule has 0 bridgehead atoms. The van der Waals surface area contributed by atoms with Crippen molar-refractivity contribution in [3.63, 3.8) is 0 Å². The minimum Gasteiger partial charge on any atom is -0.347 e. The summed E-state index contributed by atoms with van der Waals surface area (Å²) in [5.41, 5.74) is 4.37. The first-order valence-corrected chi connectivity index (χ1v) is 10.4. The van der Waals surface area contributed by atoms with Crippen LogP contribution in [0.3, 0.4) is 0 Å². The zero-order valence-corrected chi connectivity index (χ0v) is 17.0. The second-order valence-corrected chi connectivity index (χ2v) is 7.78. The Balaban J connectivity index is 1.38. The molecule has 0 saturated heterocycles. The van der Waals surface area contributed by atoms with Gasteiger partial charge in [-0.3, -0.25) is 14.8 Å². The van der Waals surface area contributed by atoms with Gasteiger partial charge in [0.2, 0.25) is 0 Å². The highest BCUT2D eigenvalue weighted by Gasteiger charge is 2.24. The van der Waals surface area contributed by atoms with Crippen LogP contribution in [0.25, 0.3) is 22.5 Å². The van der Waals surface area contributed by atoms with E-state index in [1.807, 2.05) is 36.5 Å². The van der Waals surface area contributed by atoms with Crippen LogP contribution < -0.4 is 5.32 Å². The van der Waals surface area contributed by atoms with Crippen molar-refractivity contribution in [2.75, 3.05) is 0 Å². The lowest BCUT2D eigenvalue weighted by Crippen LogP contribution is -2.25. The highest BCUT2D eigenvalue weighted by atomic mass is 16.1. The van der Waals surface area contributed by atoms with Gasteiger partial charge >= 0.3 is 0 Å². The van der Waals surface area contributed by atoms with E-state index in [-0.39, 0.29) is 5.91 Å². The number of pyridine rings is 2. The number of nitrogens with zero attached hydrogens (tertiary/aromatic N) is 5. The highest BCUT2D eigenvalue weighted by Crippen LogP contribution is 2.32. The van der Waals surface area contributed by atoms with Gasteiger partial charge in [-0.25, -0.2) is 9.97 Å². The number of nitrogens with one attached hydrogen (secondary N) is 1. The van der Waals surface area contributed by atoms with Gasteiger partial charge in [0, 0.05) is 73.2 Å². The monoisotopic (exact) mass is 410 g/mol. The number of hydrogen-bond donors (Lipinski definition) is 1. The molecule has 4 aromatic heterocycles. The van der Waals surface area contributed by atoms with Gasteiger partial charge in [0.15, 0.2) is 5.82 Å². The Kier molecular flexibility index (Phi) is 5.22. The zero-order valence-electron chi connectivity index (χ0n) is 17.0. The summed E-state index contributed by atoms with van der Waals surface area (Å²) in [5.74, 6) is 1.19. The molecule has 0 aromatic carbocycles. The van der Waals surface area contributed by atoms with Crippen LogP contribution in [0.5, 0.6) is 0 Å². The van der Waals surface area contributed by atoms with Crippen LogP contribution in [0.15, 0.2) is 73.7 Å². The number of aromatic nitrogens is 5. The molecule has 1 N–H and O–H groups in total. The molecule has 0 unspecified atom stereocenters. The topological polar surface area (TPSA) is 85.6 Å². The smallest absolute Gasteiger partial charge is 0.268 e. The lowest BCUT2D eigenvalue weighted by molar-refractivity contribution is 0.0941. The number of carbonyl (C=O) groups is 1. The SMILES string of the molecule is O=C(NCc1ccncc1)c1cc(-c2cnc(-c3cccnc3)nc2)cn1CC1CC1. The Hall–Kier alpha value is -3.87. The Morgan fingerprint density at radius 2 is 1.77 bits per heavy atom. The molecule has 1 amide bonds. The van der Waals surface area contributed by atoms with Crippen LogP contribution in [0.1, 0.15) is 28.9 Å². The molecule has 4 heterocycles. The molecule has 7 nitrogen and oxygen atoms in total. The molecule has 7 heteroatoms. The maximum absolute atomic E-state index is 12.9. The number of carbonyl (C=O) groups excluding carboxylic acids is 1. The fourth-order valence-electron chi connectivity index (χ4n) is 3.48. The van der Waals surface area contributed by atoms with E-state index in [9.17, 15) is 4.79 Å². The fraction of sp³-hybridized carbons (Fsp3) is 0.208. The van der Waals surface area contributed by atoms with Crippen LogP contribution >= 0.6 is 0 Å². The summed E-state index contributed by atoms with van der Waals surface area (Å²) in [4.78, 5) is 30.1. The molecular formula is C24H22N6O. The van der Waals surface area contributed by atoms with Crippen LogP contribution in [-0.4, -0.2) is 30.4 Å². The van der Waals surface area contributed by atoms with E-state index in [2.05, 4.69) is 29.8 Å². The van der Waals surface area contributed by atoms with Gasteiger partial charge in [0.1, 0.15) is 5.69 Å². The standard InChI is InChI=1S/C24H22N6O/c31-24(29-11-17-5-8-25-9-6-17)22-10-20(16-30(22)15-18-3-4-18)21-13-27-23(28-14-21)19-2-1-7-26-12-19/h1-2,5-10,12-14,16,18H,3-4,11,15H2,(H,29,31). The van der Waals surface area contributed by atoms with E-state index in [4.69, 9.17) is 0 Å². The molecule has 154 valence electrons. The van der Waals surface area contributed by atoms with Gasteiger partial charge in [-0.15, -0.1) is 0 Å². The second kappa shape index (κ2) is 8.47. The summed E-state index contributed by atoms with van der Waals surface area (Å²) in [6, 6.07) is 9.51. The molecule has 0 radical (unpaired) electrons. The zero-order chi connectivity index (χ0) is 21.0. The Labute approximate surface area is 180 Å². The number of amides is 1. The van der Waals surface area contributed by atoms with E-state index < -0.39 is 0 Å². The predicted octanol–water partition coefficient (Wildman–Crippen LogP) is 3.74. The first-order valence-electron chi connectivity index (χ1n) is 10.4. The summed E-state index contributed by atoms with van der Waals surface area (Å²) < 4.78 is 2.06. The maximum Gasteiger partial charge on any atom is 0.268 e. The van der Waals surface area contributed by atoms with Crippen LogP contribution in [0.2, 0.25) is 0 Å². The van der Waals surface area contributed by atoms with E-state index in [1.165, 1.54) is 12.8 Å². The van der Waals surface area contributed by atoms with Crippen molar-refractivity contribution in [2.45, 2.75) is 25.9 Å². The Morgan fingerprint density at radius 3 is 2.48 bits per heavy atom. The van der Waals surface area contributed by atoms with Crippen molar-refractivity contribution in [2.24, 2.45) is 5.92 Å². The Bertz CT molecular complexity index is 1170. The molecule has 1 aliphatic rings. The third kappa shape index (κ3) is 4.50. The van der Waals surface area contributed by atoms with E-state index >= 15 is 0 Å². The lowest BCUT2D eigenvalue weighted by Gasteiger charge is -2.09. The average Bonchev–Trinajstić information content (AvgIpc) is 3.55. The Morgan fingerprint density at radius 1 is 0.968 bits per heavy atom. The van der Waals surface area contributed by atoms with E-state index in [0.717, 1.165) is 28.8 Å². The molecule has 0 atom stereocenters. The molecule has 1 fully saturated rings. The summed E-state index contributed by atoms with van der Waals surface area (Å²) in [5, 5.41) is 3.02. The van der Waals surface area contributed by atoms with Gasteiger partial charge in [-0.1, -0.05) is 0 Å². The summed E-state index contributed by atoms with van der Waals surface area (Å²) in [6.45, 7) is 1.32. The number of rotatable bonds is 7. The fourth-order valence-corrected chi connectivity index (χ4v) is 3.48. The normalized spacial score (nSPS) is 13.2. The maximum atomic E-state index is 12.9. The largest absolute Gasteiger partial charge is 0.347 e. The van der Waals surface area contributed by atoms with Crippen molar-refractivity contribution in [3.05, 3.63) is 85.0 Å². The van der Waals surface area contributed by atoms with E-state index in [0.29, 0.717) is 24.0 Å². The third-order valence-corrected chi connectivity index (χ3v) is 5.39. The van der Waals surface area contributed by atoms with Gasteiger partial charge in [-0.05, 0) is 54.7 Å². The number of hydrogen-bond acceptors (Lipinski definition) is 5. The third-order valence-electron chi connectivity index (χ3n) is 5.39. The predicted molar refractivity (Wildman–Crippen MR) is 117 cm³/mol. The van der Waals surface area contributed by atoms with Crippen molar-refractivity contribution < 1.29 is 4.79 Å². The minimum absolute atomic E-state index is 0.0865. The summed E-state index contributed by atoms with van der Waals surface area (Å²) in [6.07, 6.45) is 15.0. The van der Waals surface area contributed by atoms with E-state index in [1.54, 1.807) is 37.2 Å². The van der Waals surface area contributed by atoms with Crippen LogP contribution in [-0.2, 0) is 13.1 Å². The molecular weight excluding hydrogens is 388 g/mol. The van der Waals surface area contributed by atoms with Gasteiger partial charge < -0.3 is 9.88 Å². The van der Waals surface area contributed by atoms with Crippen LogP contribution in [0, 0.1) is 5.92 Å². The average molecular weight is 410 g/mol. The molecule has 0 aliphatic heterocycles. The quantitative estimate of drug-likeness (QED) is 0.502. The van der Waals surface area contributed by atoms with Gasteiger partial charge in [0.25, 0.3) is 5.91 Å². The highest BCUT2D eigenvalue weighted by molar-refractivity contribution is 5.94. The molecule has 1 aliphatic carbocycles. The van der Waals surface area contributed by atoms with Crippen molar-refractivity contribution in [1.82, 2.24) is 29.8 Å². The van der Waals surface area contributed by atoms with Gasteiger partial charge in [-0.2, -0.15) is 0 Å².